The van der Waals surface area contributed by atoms with E-state index < -0.39 is 12.0 Å². The van der Waals surface area contributed by atoms with Crippen molar-refractivity contribution in [3.05, 3.63) is 18.2 Å². The predicted molar refractivity (Wildman–Crippen MR) is 59.9 cm³/mol. The lowest BCUT2D eigenvalue weighted by Crippen LogP contribution is -2.32. The summed E-state index contributed by atoms with van der Waals surface area (Å²) in [7, 11) is 0. The second-order valence-electron chi connectivity index (χ2n) is 3.19. The van der Waals surface area contributed by atoms with Gasteiger partial charge in [-0.05, 0) is 6.92 Å². The maximum atomic E-state index is 10.4. The highest BCUT2D eigenvalue weighted by Gasteiger charge is 2.10. The van der Waals surface area contributed by atoms with Gasteiger partial charge in [0.05, 0.1) is 0 Å². The normalized spacial score (nSPS) is 12.7. The van der Waals surface area contributed by atoms with Crippen LogP contribution in [0.25, 0.3) is 0 Å². The highest BCUT2D eigenvalue weighted by Crippen LogP contribution is 2.04. The van der Waals surface area contributed by atoms with Crippen molar-refractivity contribution in [2.45, 2.75) is 19.5 Å². The standard InChI is InChI=1S/C9H15N3O2S/c1-7-11-2-3-12(7)4-5-15-6-8(10)9(13)14/h2-3,8H,4-6,10H2,1H3,(H,13,14). The van der Waals surface area contributed by atoms with Crippen LogP contribution in [0.1, 0.15) is 5.82 Å². The van der Waals surface area contributed by atoms with Gasteiger partial charge in [-0.15, -0.1) is 0 Å². The maximum Gasteiger partial charge on any atom is 0.321 e. The molecule has 5 nitrogen and oxygen atoms in total. The van der Waals surface area contributed by atoms with E-state index in [9.17, 15) is 4.79 Å². The Labute approximate surface area is 92.7 Å². The number of carboxylic acid groups (broad SMARTS) is 1. The van der Waals surface area contributed by atoms with Crippen molar-refractivity contribution in [2.24, 2.45) is 5.73 Å². The van der Waals surface area contributed by atoms with Crippen molar-refractivity contribution in [3.8, 4) is 0 Å². The number of hydrogen-bond acceptors (Lipinski definition) is 4. The molecule has 0 aliphatic rings. The molecule has 0 amide bonds. The number of nitrogens with zero attached hydrogens (tertiary/aromatic N) is 2. The highest BCUT2D eigenvalue weighted by atomic mass is 32.2. The summed E-state index contributed by atoms with van der Waals surface area (Å²) < 4.78 is 2.03. The smallest absolute Gasteiger partial charge is 0.321 e. The molecule has 0 fully saturated rings. The van der Waals surface area contributed by atoms with E-state index in [4.69, 9.17) is 10.8 Å². The summed E-state index contributed by atoms with van der Waals surface area (Å²) in [6.45, 7) is 2.77. The Morgan fingerprint density at radius 2 is 2.53 bits per heavy atom. The van der Waals surface area contributed by atoms with Gasteiger partial charge >= 0.3 is 5.97 Å². The number of aryl methyl sites for hydroxylation is 2. The van der Waals surface area contributed by atoms with E-state index in [1.54, 1.807) is 18.0 Å². The number of carbonyl (C=O) groups is 1. The third-order valence-corrected chi connectivity index (χ3v) is 3.08. The van der Waals surface area contributed by atoms with E-state index in [0.29, 0.717) is 5.75 Å². The number of imidazole rings is 1. The van der Waals surface area contributed by atoms with Crippen LogP contribution in [0.15, 0.2) is 12.4 Å². The fraction of sp³-hybridized carbons (Fsp3) is 0.556. The van der Waals surface area contributed by atoms with Crippen molar-refractivity contribution < 1.29 is 9.90 Å². The van der Waals surface area contributed by atoms with Gasteiger partial charge in [0, 0.05) is 30.4 Å². The quantitative estimate of drug-likeness (QED) is 0.687. The Morgan fingerprint density at radius 3 is 3.07 bits per heavy atom. The molecule has 0 aliphatic heterocycles. The number of nitrogens with two attached hydrogens (primary N) is 1. The van der Waals surface area contributed by atoms with Gasteiger partial charge in [0.2, 0.25) is 0 Å². The minimum absolute atomic E-state index is 0.447. The average Bonchev–Trinajstić information content (AvgIpc) is 2.58. The Bertz CT molecular complexity index is 327. The van der Waals surface area contributed by atoms with Gasteiger partial charge in [0.1, 0.15) is 11.9 Å². The van der Waals surface area contributed by atoms with Gasteiger partial charge in [-0.1, -0.05) is 0 Å². The van der Waals surface area contributed by atoms with Crippen LogP contribution in [-0.4, -0.2) is 38.2 Å². The molecule has 0 bridgehead atoms. The molecule has 1 aromatic rings. The molecule has 0 saturated carbocycles. The number of aromatic nitrogens is 2. The van der Waals surface area contributed by atoms with Crippen molar-refractivity contribution >= 4 is 17.7 Å². The number of aliphatic carboxylic acids is 1. The molecule has 0 aromatic carbocycles. The van der Waals surface area contributed by atoms with Crippen LogP contribution in [0.2, 0.25) is 0 Å². The molecule has 0 radical (unpaired) electrons. The van der Waals surface area contributed by atoms with Crippen molar-refractivity contribution in [1.29, 1.82) is 0 Å². The van der Waals surface area contributed by atoms with E-state index in [0.717, 1.165) is 18.1 Å². The number of hydrogen-bond donors (Lipinski definition) is 2. The first kappa shape index (κ1) is 12.1. The molecule has 1 unspecified atom stereocenters. The van der Waals surface area contributed by atoms with Crippen LogP contribution in [-0.2, 0) is 11.3 Å². The summed E-state index contributed by atoms with van der Waals surface area (Å²) >= 11 is 1.54. The lowest BCUT2D eigenvalue weighted by atomic mass is 10.4. The number of thioether (sulfide) groups is 1. The Kier molecular flexibility index (Phi) is 4.64. The largest absolute Gasteiger partial charge is 0.480 e. The molecule has 1 atom stereocenters. The summed E-state index contributed by atoms with van der Waals surface area (Å²) in [5.74, 6) is 1.32. The van der Waals surface area contributed by atoms with Crippen LogP contribution in [0.5, 0.6) is 0 Å². The zero-order chi connectivity index (χ0) is 11.3. The first-order chi connectivity index (χ1) is 7.11. The second kappa shape index (κ2) is 5.77. The Balaban J connectivity index is 2.17. The first-order valence-electron chi connectivity index (χ1n) is 4.65. The van der Waals surface area contributed by atoms with Gasteiger partial charge in [-0.3, -0.25) is 4.79 Å². The average molecular weight is 229 g/mol. The topological polar surface area (TPSA) is 81.1 Å². The van der Waals surface area contributed by atoms with E-state index in [1.165, 1.54) is 0 Å². The molecular formula is C9H15N3O2S. The molecule has 1 heterocycles. The molecule has 1 rings (SSSR count). The zero-order valence-corrected chi connectivity index (χ0v) is 9.41. The number of carboxylic acids is 1. The van der Waals surface area contributed by atoms with Crippen LogP contribution in [0, 0.1) is 6.92 Å². The molecule has 84 valence electrons. The summed E-state index contributed by atoms with van der Waals surface area (Å²) in [6, 6.07) is -0.765. The van der Waals surface area contributed by atoms with Crippen LogP contribution < -0.4 is 5.73 Å². The van der Waals surface area contributed by atoms with Crippen LogP contribution in [0.3, 0.4) is 0 Å². The minimum atomic E-state index is -0.943. The lowest BCUT2D eigenvalue weighted by Gasteiger charge is -2.07. The summed E-state index contributed by atoms with van der Waals surface area (Å²) in [6.07, 6.45) is 3.66. The summed E-state index contributed by atoms with van der Waals surface area (Å²) in [5.41, 5.74) is 5.37. The van der Waals surface area contributed by atoms with Crippen molar-refractivity contribution in [1.82, 2.24) is 9.55 Å². The first-order valence-corrected chi connectivity index (χ1v) is 5.80. The molecule has 6 heteroatoms. The molecule has 0 aliphatic carbocycles. The Morgan fingerprint density at radius 1 is 1.80 bits per heavy atom. The predicted octanol–water partition coefficient (Wildman–Crippen LogP) is 0.337. The SMILES string of the molecule is Cc1nccn1CCSCC(N)C(=O)O. The lowest BCUT2D eigenvalue weighted by molar-refractivity contribution is -0.137. The number of rotatable bonds is 6. The van der Waals surface area contributed by atoms with Gasteiger partial charge < -0.3 is 15.4 Å². The van der Waals surface area contributed by atoms with Crippen molar-refractivity contribution in [2.75, 3.05) is 11.5 Å². The third kappa shape index (κ3) is 3.93. The summed E-state index contributed by atoms with van der Waals surface area (Å²) in [5, 5.41) is 8.56. The van der Waals surface area contributed by atoms with Gasteiger partial charge in [0.25, 0.3) is 0 Å². The van der Waals surface area contributed by atoms with Gasteiger partial charge in [-0.25, -0.2) is 4.98 Å². The zero-order valence-electron chi connectivity index (χ0n) is 8.59. The molecule has 15 heavy (non-hydrogen) atoms. The van der Waals surface area contributed by atoms with E-state index in [2.05, 4.69) is 4.98 Å². The van der Waals surface area contributed by atoms with Gasteiger partial charge in [-0.2, -0.15) is 11.8 Å². The third-order valence-electron chi connectivity index (χ3n) is 2.01. The van der Waals surface area contributed by atoms with Crippen LogP contribution >= 0.6 is 11.8 Å². The van der Waals surface area contributed by atoms with Crippen molar-refractivity contribution in [3.63, 3.8) is 0 Å². The molecule has 0 saturated heterocycles. The fourth-order valence-corrected chi connectivity index (χ4v) is 1.97. The van der Waals surface area contributed by atoms with E-state index >= 15 is 0 Å². The molecule has 0 spiro atoms. The van der Waals surface area contributed by atoms with Gasteiger partial charge in [0.15, 0.2) is 0 Å². The monoisotopic (exact) mass is 229 g/mol. The van der Waals surface area contributed by atoms with Crippen LogP contribution in [0.4, 0.5) is 0 Å². The molecule has 3 N–H and O–H groups in total. The maximum absolute atomic E-state index is 10.4. The minimum Gasteiger partial charge on any atom is -0.480 e. The molecular weight excluding hydrogens is 214 g/mol. The second-order valence-corrected chi connectivity index (χ2v) is 4.34. The van der Waals surface area contributed by atoms with E-state index in [-0.39, 0.29) is 0 Å². The highest BCUT2D eigenvalue weighted by molar-refractivity contribution is 7.99. The van der Waals surface area contributed by atoms with E-state index in [1.807, 2.05) is 17.7 Å². The molecule has 1 aromatic heterocycles. The fourth-order valence-electron chi connectivity index (χ4n) is 1.08. The summed E-state index contributed by atoms with van der Waals surface area (Å²) in [4.78, 5) is 14.5. The Hall–Kier alpha value is -1.01.